The van der Waals surface area contributed by atoms with E-state index in [1.807, 2.05) is 0 Å². The fourth-order valence-corrected chi connectivity index (χ4v) is 11.2. The highest BCUT2D eigenvalue weighted by atomic mass is 15.0. The molecule has 0 aliphatic heterocycles. The van der Waals surface area contributed by atoms with E-state index in [1.165, 1.54) is 98.1 Å². The van der Waals surface area contributed by atoms with Crippen LogP contribution in [-0.4, -0.2) is 23.7 Å². The second kappa shape index (κ2) is 12.9. The molecule has 0 spiro atoms. The highest BCUT2D eigenvalue weighted by Gasteiger charge is 2.18. The first-order valence-electron chi connectivity index (χ1n) is 22.3. The van der Waals surface area contributed by atoms with Crippen molar-refractivity contribution in [2.24, 2.45) is 0 Å². The quantitative estimate of drug-likeness (QED) is 0.178. The Balaban J connectivity index is 0.889. The van der Waals surface area contributed by atoms with Gasteiger partial charge in [0.25, 0.3) is 0 Å². The number of hydrogen-bond acceptors (Lipinski definition) is 0. The Kier molecular flexibility index (Phi) is 6.89. The lowest BCUT2D eigenvalue weighted by Crippen LogP contribution is -1.94. The van der Waals surface area contributed by atoms with Gasteiger partial charge in [-0.15, -0.1) is 0 Å². The molecule has 5 heteroatoms. The summed E-state index contributed by atoms with van der Waals surface area (Å²) in [4.78, 5) is 7.45. The standard InChI is InChI=1S/C60H37N5/c1-6-16-55-41(11-1)42-12-2-7-17-56(42)63(55)38-23-28-52-48(33-38)47-31-36(22-27-51(47)61-52)37-21-26-46-45-15-5-10-20-59(45)65(60(46)32-37)40-25-30-54-50(35-40)49-34-39(24-29-53(49)62-54)64-57-18-8-3-13-43(57)44-14-4-9-19-58(44)64/h1-35,61-62H. The summed E-state index contributed by atoms with van der Waals surface area (Å²) in [5.74, 6) is 0. The molecule has 2 N–H and O–H groups in total. The van der Waals surface area contributed by atoms with Crippen molar-refractivity contribution in [3.05, 3.63) is 212 Å². The van der Waals surface area contributed by atoms with Crippen molar-refractivity contribution < 1.29 is 0 Å². The Hall–Kier alpha value is -8.80. The zero-order valence-electron chi connectivity index (χ0n) is 35.0. The number of aromatic nitrogens is 5. The van der Waals surface area contributed by atoms with Gasteiger partial charge in [0.05, 0.1) is 33.1 Å². The van der Waals surface area contributed by atoms with E-state index in [4.69, 9.17) is 0 Å². The van der Waals surface area contributed by atoms with Crippen molar-refractivity contribution in [1.29, 1.82) is 0 Å². The summed E-state index contributed by atoms with van der Waals surface area (Å²) in [6.45, 7) is 0. The molecule has 65 heavy (non-hydrogen) atoms. The van der Waals surface area contributed by atoms with E-state index in [2.05, 4.69) is 236 Å². The average Bonchev–Trinajstić information content (AvgIpc) is 4.17. The summed E-state index contributed by atoms with van der Waals surface area (Å²) in [6, 6.07) is 78.1. The summed E-state index contributed by atoms with van der Waals surface area (Å²) >= 11 is 0. The van der Waals surface area contributed by atoms with Crippen LogP contribution in [0.4, 0.5) is 0 Å². The smallest absolute Gasteiger partial charge is 0.0547 e. The van der Waals surface area contributed by atoms with Gasteiger partial charge in [0.1, 0.15) is 0 Å². The number of hydrogen-bond donors (Lipinski definition) is 2. The molecule has 5 heterocycles. The van der Waals surface area contributed by atoms with Gasteiger partial charge in [0.15, 0.2) is 0 Å². The molecule has 0 radical (unpaired) electrons. The molecule has 0 saturated heterocycles. The van der Waals surface area contributed by atoms with Gasteiger partial charge in [0, 0.05) is 93.0 Å². The fraction of sp³-hybridized carbons (Fsp3) is 0. The van der Waals surface area contributed by atoms with Crippen LogP contribution in [-0.2, 0) is 0 Å². The van der Waals surface area contributed by atoms with Gasteiger partial charge in [-0.05, 0) is 114 Å². The third-order valence-electron chi connectivity index (χ3n) is 14.1. The first-order chi connectivity index (χ1) is 32.2. The van der Waals surface area contributed by atoms with Gasteiger partial charge in [-0.3, -0.25) is 0 Å². The van der Waals surface area contributed by atoms with Crippen molar-refractivity contribution in [2.75, 3.05) is 0 Å². The van der Waals surface area contributed by atoms with Crippen molar-refractivity contribution >= 4 is 109 Å². The highest BCUT2D eigenvalue weighted by Crippen LogP contribution is 2.40. The third-order valence-corrected chi connectivity index (χ3v) is 14.1. The summed E-state index contributed by atoms with van der Waals surface area (Å²) < 4.78 is 7.25. The Labute approximate surface area is 371 Å². The van der Waals surface area contributed by atoms with Crippen LogP contribution in [0.2, 0.25) is 0 Å². The lowest BCUT2D eigenvalue weighted by atomic mass is 10.0. The lowest BCUT2D eigenvalue weighted by Gasteiger charge is -2.10. The topological polar surface area (TPSA) is 46.4 Å². The second-order valence-corrected chi connectivity index (χ2v) is 17.5. The Morgan fingerprint density at radius 2 is 0.508 bits per heavy atom. The van der Waals surface area contributed by atoms with Crippen molar-refractivity contribution in [3.8, 4) is 28.2 Å². The molecule has 0 fully saturated rings. The van der Waals surface area contributed by atoms with Crippen LogP contribution in [0.15, 0.2) is 212 Å². The molecule has 15 aromatic rings. The van der Waals surface area contributed by atoms with Crippen molar-refractivity contribution in [3.63, 3.8) is 0 Å². The largest absolute Gasteiger partial charge is 0.355 e. The lowest BCUT2D eigenvalue weighted by molar-refractivity contribution is 1.18. The Morgan fingerprint density at radius 1 is 0.215 bits per heavy atom. The molecule has 0 aliphatic rings. The van der Waals surface area contributed by atoms with Crippen LogP contribution in [0.3, 0.4) is 0 Å². The number of rotatable bonds is 4. The van der Waals surface area contributed by atoms with E-state index in [1.54, 1.807) is 0 Å². The molecule has 5 nitrogen and oxygen atoms in total. The molecular formula is C60H37N5. The van der Waals surface area contributed by atoms with Crippen LogP contribution in [0.1, 0.15) is 0 Å². The van der Waals surface area contributed by atoms with Gasteiger partial charge < -0.3 is 23.7 Å². The monoisotopic (exact) mass is 827 g/mol. The van der Waals surface area contributed by atoms with Crippen LogP contribution in [0, 0.1) is 0 Å². The molecule has 302 valence electrons. The minimum atomic E-state index is 1.12. The number of nitrogens with one attached hydrogen (secondary N) is 2. The van der Waals surface area contributed by atoms with Gasteiger partial charge in [-0.25, -0.2) is 0 Å². The normalized spacial score (nSPS) is 12.3. The Morgan fingerprint density at radius 3 is 0.908 bits per heavy atom. The molecule has 0 atom stereocenters. The number of fused-ring (bicyclic) bond motifs is 15. The number of aromatic amines is 2. The molecule has 5 aromatic heterocycles. The molecule has 0 bridgehead atoms. The van der Waals surface area contributed by atoms with Crippen molar-refractivity contribution in [2.45, 2.75) is 0 Å². The van der Waals surface area contributed by atoms with E-state index < -0.39 is 0 Å². The summed E-state index contributed by atoms with van der Waals surface area (Å²) in [5.41, 5.74) is 17.5. The predicted octanol–water partition coefficient (Wildman–Crippen LogP) is 15.9. The van der Waals surface area contributed by atoms with Crippen LogP contribution in [0.25, 0.3) is 137 Å². The van der Waals surface area contributed by atoms with E-state index >= 15 is 0 Å². The van der Waals surface area contributed by atoms with E-state index in [0.717, 1.165) is 39.1 Å². The first-order valence-corrected chi connectivity index (χ1v) is 22.3. The van der Waals surface area contributed by atoms with E-state index in [9.17, 15) is 0 Å². The SMILES string of the molecule is c1ccc2c(c1)c1ccccc1n2-c1ccc2[nH]c3ccc(-c4ccc5c6ccccc6n(-c6ccc7[nH]c8ccc(-n9c%10ccccc%10c%10ccccc%109)cc8c7c6)c5c4)cc3c2c1. The Bertz CT molecular complexity index is 4380. The second-order valence-electron chi connectivity index (χ2n) is 17.5. The molecule has 0 unspecified atom stereocenters. The van der Waals surface area contributed by atoms with Gasteiger partial charge in [-0.2, -0.15) is 0 Å². The molecule has 15 rings (SSSR count). The molecule has 0 amide bonds. The minimum absolute atomic E-state index is 1.12. The number of benzene rings is 10. The number of nitrogens with zero attached hydrogens (tertiary/aromatic N) is 3. The predicted molar refractivity (Wildman–Crippen MR) is 274 cm³/mol. The maximum atomic E-state index is 3.73. The first kappa shape index (κ1) is 34.7. The van der Waals surface area contributed by atoms with Crippen LogP contribution < -0.4 is 0 Å². The zero-order chi connectivity index (χ0) is 42.3. The van der Waals surface area contributed by atoms with E-state index in [0.29, 0.717) is 0 Å². The third kappa shape index (κ3) is 4.87. The highest BCUT2D eigenvalue weighted by molar-refractivity contribution is 6.15. The zero-order valence-corrected chi connectivity index (χ0v) is 35.0. The van der Waals surface area contributed by atoms with Crippen molar-refractivity contribution in [1.82, 2.24) is 23.7 Å². The summed E-state index contributed by atoms with van der Waals surface area (Å²) in [5, 5.41) is 12.4. The number of H-pyrrole nitrogens is 2. The van der Waals surface area contributed by atoms with Gasteiger partial charge in [-0.1, -0.05) is 109 Å². The van der Waals surface area contributed by atoms with Gasteiger partial charge in [0.2, 0.25) is 0 Å². The molecular weight excluding hydrogens is 791 g/mol. The summed E-state index contributed by atoms with van der Waals surface area (Å²) in [7, 11) is 0. The number of para-hydroxylation sites is 5. The maximum absolute atomic E-state index is 3.73. The average molecular weight is 828 g/mol. The minimum Gasteiger partial charge on any atom is -0.355 e. The van der Waals surface area contributed by atoms with Gasteiger partial charge >= 0.3 is 0 Å². The fourth-order valence-electron chi connectivity index (χ4n) is 11.2. The van der Waals surface area contributed by atoms with Crippen LogP contribution in [0.5, 0.6) is 0 Å². The van der Waals surface area contributed by atoms with Crippen LogP contribution >= 0.6 is 0 Å². The summed E-state index contributed by atoms with van der Waals surface area (Å²) in [6.07, 6.45) is 0. The molecule has 0 aliphatic carbocycles. The maximum Gasteiger partial charge on any atom is 0.0547 e. The molecule has 0 saturated carbocycles. The van der Waals surface area contributed by atoms with E-state index in [-0.39, 0.29) is 0 Å². The molecule has 10 aromatic carbocycles.